The molecule has 0 radical (unpaired) electrons. The molecule has 6 nitrogen and oxygen atoms in total. The topological polar surface area (TPSA) is 80.3 Å². The molecule has 3 rings (SSSR count). The van der Waals surface area contributed by atoms with Crippen molar-refractivity contribution in [2.75, 3.05) is 6.61 Å². The van der Waals surface area contributed by atoms with E-state index in [2.05, 4.69) is 22.8 Å². The third-order valence-corrected chi connectivity index (χ3v) is 4.90. The second-order valence-corrected chi connectivity index (χ2v) is 6.93. The normalized spacial score (nSPS) is 10.3. The van der Waals surface area contributed by atoms with E-state index in [1.54, 1.807) is 0 Å². The molecular formula is C21H21N3O3S. The highest BCUT2D eigenvalue weighted by Gasteiger charge is 2.10. The predicted octanol–water partition coefficient (Wildman–Crippen LogP) is 3.14. The molecule has 0 aliphatic carbocycles. The molecule has 0 aliphatic rings. The summed E-state index contributed by atoms with van der Waals surface area (Å²) in [5.41, 5.74) is 7.59. The Bertz CT molecular complexity index is 924. The molecule has 0 fully saturated rings. The zero-order valence-corrected chi connectivity index (χ0v) is 16.3. The van der Waals surface area contributed by atoms with Crippen LogP contribution in [-0.2, 0) is 22.4 Å². The summed E-state index contributed by atoms with van der Waals surface area (Å²) in [5, 5.41) is 2.70. The van der Waals surface area contributed by atoms with Gasteiger partial charge in [-0.05, 0) is 24.1 Å². The Balaban J connectivity index is 1.41. The first kappa shape index (κ1) is 19.6. The van der Waals surface area contributed by atoms with Crippen LogP contribution in [0.25, 0.3) is 10.6 Å². The lowest BCUT2D eigenvalue weighted by atomic mass is 10.2. The number of aromatic nitrogens is 1. The average Bonchev–Trinajstić information content (AvgIpc) is 3.20. The molecule has 0 aliphatic heterocycles. The zero-order chi connectivity index (χ0) is 19.8. The maximum atomic E-state index is 12.0. The number of nitrogens with one attached hydrogen (secondary N) is 2. The first-order valence-electron chi connectivity index (χ1n) is 8.93. The van der Waals surface area contributed by atoms with Crippen molar-refractivity contribution >= 4 is 23.2 Å². The van der Waals surface area contributed by atoms with Crippen LogP contribution in [0.1, 0.15) is 18.2 Å². The molecular weight excluding hydrogens is 374 g/mol. The van der Waals surface area contributed by atoms with Crippen molar-refractivity contribution in [3.63, 3.8) is 0 Å². The molecule has 7 heteroatoms. The summed E-state index contributed by atoms with van der Waals surface area (Å²) in [5.74, 6) is -0.170. The number of benzene rings is 2. The maximum Gasteiger partial charge on any atom is 0.276 e. The van der Waals surface area contributed by atoms with Gasteiger partial charge in [0, 0.05) is 10.9 Å². The maximum absolute atomic E-state index is 12.0. The number of aryl methyl sites for hydroxylation is 1. The van der Waals surface area contributed by atoms with Gasteiger partial charge in [0.05, 0.1) is 12.1 Å². The van der Waals surface area contributed by atoms with Crippen LogP contribution < -0.4 is 15.6 Å². The SMILES string of the molecule is CCc1ccc(OCC(=O)NNC(=O)Cc2csc(-c3ccccc3)n2)cc1. The van der Waals surface area contributed by atoms with Gasteiger partial charge in [-0.3, -0.25) is 20.4 Å². The molecule has 0 saturated heterocycles. The molecule has 0 saturated carbocycles. The molecule has 0 unspecified atom stereocenters. The Hall–Kier alpha value is -3.19. The highest BCUT2D eigenvalue weighted by Crippen LogP contribution is 2.23. The summed E-state index contributed by atoms with van der Waals surface area (Å²) in [7, 11) is 0. The minimum Gasteiger partial charge on any atom is -0.484 e. The number of carbonyl (C=O) groups excluding carboxylic acids is 2. The quantitative estimate of drug-likeness (QED) is 0.602. The van der Waals surface area contributed by atoms with E-state index >= 15 is 0 Å². The predicted molar refractivity (Wildman–Crippen MR) is 109 cm³/mol. The Morgan fingerprint density at radius 1 is 1.00 bits per heavy atom. The van der Waals surface area contributed by atoms with Crippen molar-refractivity contribution in [2.24, 2.45) is 0 Å². The molecule has 0 atom stereocenters. The Kier molecular flexibility index (Phi) is 6.75. The minimum atomic E-state index is -0.434. The molecule has 1 heterocycles. The van der Waals surface area contributed by atoms with Gasteiger partial charge < -0.3 is 4.74 Å². The fourth-order valence-electron chi connectivity index (χ4n) is 2.46. The molecule has 2 N–H and O–H groups in total. The lowest BCUT2D eigenvalue weighted by molar-refractivity contribution is -0.129. The van der Waals surface area contributed by atoms with E-state index < -0.39 is 5.91 Å². The van der Waals surface area contributed by atoms with Crippen molar-refractivity contribution in [3.8, 4) is 16.3 Å². The van der Waals surface area contributed by atoms with Gasteiger partial charge in [-0.2, -0.15) is 0 Å². The molecule has 0 spiro atoms. The molecule has 0 bridgehead atoms. The lowest BCUT2D eigenvalue weighted by Gasteiger charge is -2.08. The molecule has 3 aromatic rings. The number of thiazole rings is 1. The number of amides is 2. The van der Waals surface area contributed by atoms with Crippen LogP contribution in [0.5, 0.6) is 5.75 Å². The van der Waals surface area contributed by atoms with Crippen LogP contribution in [0.3, 0.4) is 0 Å². The van der Waals surface area contributed by atoms with E-state index in [-0.39, 0.29) is 18.9 Å². The van der Waals surface area contributed by atoms with Gasteiger partial charge in [-0.1, -0.05) is 49.4 Å². The van der Waals surface area contributed by atoms with E-state index in [0.29, 0.717) is 11.4 Å². The molecule has 28 heavy (non-hydrogen) atoms. The van der Waals surface area contributed by atoms with Crippen molar-refractivity contribution < 1.29 is 14.3 Å². The highest BCUT2D eigenvalue weighted by atomic mass is 32.1. The van der Waals surface area contributed by atoms with Gasteiger partial charge in [0.2, 0.25) is 5.91 Å². The number of rotatable bonds is 7. The molecule has 144 valence electrons. The van der Waals surface area contributed by atoms with Gasteiger partial charge in [0.15, 0.2) is 6.61 Å². The number of nitrogens with zero attached hydrogens (tertiary/aromatic N) is 1. The van der Waals surface area contributed by atoms with Crippen molar-refractivity contribution in [1.82, 2.24) is 15.8 Å². The van der Waals surface area contributed by atoms with Gasteiger partial charge >= 0.3 is 0 Å². The van der Waals surface area contributed by atoms with Gasteiger partial charge in [0.25, 0.3) is 5.91 Å². The van der Waals surface area contributed by atoms with Crippen LogP contribution in [0.4, 0.5) is 0 Å². The van der Waals surface area contributed by atoms with Crippen LogP contribution >= 0.6 is 11.3 Å². The molecule has 2 aromatic carbocycles. The largest absolute Gasteiger partial charge is 0.484 e. The van der Waals surface area contributed by atoms with Crippen molar-refractivity contribution in [3.05, 3.63) is 71.2 Å². The van der Waals surface area contributed by atoms with Crippen LogP contribution in [-0.4, -0.2) is 23.4 Å². The molecule has 2 amide bonds. The lowest BCUT2D eigenvalue weighted by Crippen LogP contribution is -2.44. The number of hydrogen-bond acceptors (Lipinski definition) is 5. The molecule has 1 aromatic heterocycles. The second-order valence-electron chi connectivity index (χ2n) is 6.07. The smallest absolute Gasteiger partial charge is 0.276 e. The zero-order valence-electron chi connectivity index (χ0n) is 15.5. The summed E-state index contributed by atoms with van der Waals surface area (Å²) in [6.45, 7) is 1.89. The average molecular weight is 395 g/mol. The Morgan fingerprint density at radius 3 is 2.43 bits per heavy atom. The summed E-state index contributed by atoms with van der Waals surface area (Å²) < 4.78 is 5.40. The van der Waals surface area contributed by atoms with E-state index in [9.17, 15) is 9.59 Å². The van der Waals surface area contributed by atoms with E-state index in [1.807, 2.05) is 60.0 Å². The monoisotopic (exact) mass is 395 g/mol. The summed E-state index contributed by atoms with van der Waals surface area (Å²) in [6, 6.07) is 17.3. The van der Waals surface area contributed by atoms with E-state index in [1.165, 1.54) is 16.9 Å². The standard InChI is InChI=1S/C21H21N3O3S/c1-2-15-8-10-18(11-9-15)27-13-20(26)24-23-19(25)12-17-14-28-21(22-17)16-6-4-3-5-7-16/h3-11,14H,2,12-13H2,1H3,(H,23,25)(H,24,26). The van der Waals surface area contributed by atoms with Crippen LogP contribution in [0.15, 0.2) is 60.0 Å². The van der Waals surface area contributed by atoms with Gasteiger partial charge in [-0.15, -0.1) is 11.3 Å². The van der Waals surface area contributed by atoms with Gasteiger partial charge in [0.1, 0.15) is 10.8 Å². The summed E-state index contributed by atoms with van der Waals surface area (Å²) >= 11 is 1.48. The first-order valence-corrected chi connectivity index (χ1v) is 9.81. The second kappa shape index (κ2) is 9.66. The number of hydrogen-bond donors (Lipinski definition) is 2. The third kappa shape index (κ3) is 5.65. The fourth-order valence-corrected chi connectivity index (χ4v) is 3.28. The van der Waals surface area contributed by atoms with Crippen molar-refractivity contribution in [1.29, 1.82) is 0 Å². The van der Waals surface area contributed by atoms with E-state index in [0.717, 1.165) is 17.0 Å². The third-order valence-electron chi connectivity index (χ3n) is 3.96. The van der Waals surface area contributed by atoms with Crippen molar-refractivity contribution in [2.45, 2.75) is 19.8 Å². The Labute approximate surface area is 167 Å². The van der Waals surface area contributed by atoms with E-state index in [4.69, 9.17) is 4.74 Å². The highest BCUT2D eigenvalue weighted by molar-refractivity contribution is 7.13. The minimum absolute atomic E-state index is 0.0863. The van der Waals surface area contributed by atoms with Gasteiger partial charge in [-0.25, -0.2) is 4.98 Å². The van der Waals surface area contributed by atoms with Crippen LogP contribution in [0.2, 0.25) is 0 Å². The number of ether oxygens (including phenoxy) is 1. The fraction of sp³-hybridized carbons (Fsp3) is 0.190. The van der Waals surface area contributed by atoms with Crippen LogP contribution in [0, 0.1) is 0 Å². The number of hydrazine groups is 1. The number of carbonyl (C=O) groups is 2. The summed E-state index contributed by atoms with van der Waals surface area (Å²) in [6.07, 6.45) is 1.03. The summed E-state index contributed by atoms with van der Waals surface area (Å²) in [4.78, 5) is 28.3. The first-order chi connectivity index (χ1) is 13.6. The Morgan fingerprint density at radius 2 is 1.71 bits per heavy atom.